The minimum absolute atomic E-state index is 0.730. The summed E-state index contributed by atoms with van der Waals surface area (Å²) in [5.41, 5.74) is 9.37. The minimum Gasteiger partial charge on any atom is -0.310 e. The van der Waals surface area contributed by atoms with Crippen LogP contribution in [0.4, 0.5) is 17.1 Å². The Morgan fingerprint density at radius 2 is 1.15 bits per heavy atom. The van der Waals surface area contributed by atoms with E-state index in [9.17, 15) is 0 Å². The van der Waals surface area contributed by atoms with Crippen LogP contribution in [0, 0.1) is 6.92 Å². The van der Waals surface area contributed by atoms with Gasteiger partial charge in [-0.2, -0.15) is 0 Å². The second-order valence-electron chi connectivity index (χ2n) is 9.64. The van der Waals surface area contributed by atoms with Crippen LogP contribution in [-0.4, -0.2) is 0 Å². The highest BCUT2D eigenvalue weighted by molar-refractivity contribution is 6.30. The molecule has 6 aromatic carbocycles. The van der Waals surface area contributed by atoms with Gasteiger partial charge in [0.15, 0.2) is 0 Å². The summed E-state index contributed by atoms with van der Waals surface area (Å²) in [5, 5.41) is 3.24. The van der Waals surface area contributed by atoms with Crippen LogP contribution in [0.5, 0.6) is 0 Å². The Morgan fingerprint density at radius 1 is 0.538 bits per heavy atom. The average Bonchev–Trinajstić information content (AvgIpc) is 2.99. The molecule has 0 saturated heterocycles. The zero-order chi connectivity index (χ0) is 26.6. The molecule has 0 aromatic heterocycles. The quantitative estimate of drug-likeness (QED) is 0.197. The zero-order valence-corrected chi connectivity index (χ0v) is 22.5. The van der Waals surface area contributed by atoms with E-state index in [1.807, 2.05) is 12.1 Å². The Bertz CT molecular complexity index is 1750. The van der Waals surface area contributed by atoms with E-state index in [4.69, 9.17) is 11.6 Å². The van der Waals surface area contributed by atoms with Gasteiger partial charge in [0.05, 0.1) is 0 Å². The van der Waals surface area contributed by atoms with Crippen LogP contribution in [0.1, 0.15) is 16.7 Å². The minimum atomic E-state index is 0.730. The van der Waals surface area contributed by atoms with Gasteiger partial charge in [0, 0.05) is 22.1 Å². The van der Waals surface area contributed by atoms with Crippen LogP contribution in [0.25, 0.3) is 34.1 Å². The fourth-order valence-electron chi connectivity index (χ4n) is 5.09. The van der Waals surface area contributed by atoms with Gasteiger partial charge < -0.3 is 4.90 Å². The van der Waals surface area contributed by atoms with E-state index in [1.54, 1.807) is 0 Å². The first-order valence-corrected chi connectivity index (χ1v) is 13.5. The molecule has 0 unspecified atom stereocenters. The molecule has 0 bridgehead atoms. The van der Waals surface area contributed by atoms with Gasteiger partial charge in [0.25, 0.3) is 0 Å². The van der Waals surface area contributed by atoms with Gasteiger partial charge in [-0.15, -0.1) is 0 Å². The van der Waals surface area contributed by atoms with Gasteiger partial charge in [-0.1, -0.05) is 121 Å². The monoisotopic (exact) mass is 521 g/mol. The third kappa shape index (κ3) is 5.23. The molecular formula is C37H28ClN. The molecule has 39 heavy (non-hydrogen) atoms. The predicted octanol–water partition coefficient (Wildman–Crippen LogP) is 11.1. The van der Waals surface area contributed by atoms with E-state index in [0.29, 0.717) is 0 Å². The predicted molar refractivity (Wildman–Crippen MR) is 169 cm³/mol. The number of nitrogens with zero attached hydrogens (tertiary/aromatic N) is 1. The van der Waals surface area contributed by atoms with Gasteiger partial charge in [0.2, 0.25) is 0 Å². The molecule has 0 atom stereocenters. The molecule has 0 saturated carbocycles. The van der Waals surface area contributed by atoms with Crippen molar-refractivity contribution in [2.45, 2.75) is 6.92 Å². The molecule has 0 aliphatic rings. The smallest absolute Gasteiger partial charge is 0.0490 e. The summed E-state index contributed by atoms with van der Waals surface area (Å²) in [7, 11) is 0. The number of para-hydroxylation sites is 1. The fraction of sp³-hybridized carbons (Fsp3) is 0.0270. The van der Waals surface area contributed by atoms with Crippen molar-refractivity contribution in [2.24, 2.45) is 0 Å². The molecule has 0 aliphatic heterocycles. The van der Waals surface area contributed by atoms with Crippen LogP contribution in [0.15, 0.2) is 140 Å². The van der Waals surface area contributed by atoms with Crippen molar-refractivity contribution < 1.29 is 0 Å². The Morgan fingerprint density at radius 3 is 1.87 bits per heavy atom. The number of halogens is 1. The van der Waals surface area contributed by atoms with Gasteiger partial charge in [-0.05, 0) is 88.0 Å². The van der Waals surface area contributed by atoms with Crippen molar-refractivity contribution in [2.75, 3.05) is 4.90 Å². The lowest BCUT2D eigenvalue weighted by atomic mass is 9.94. The lowest BCUT2D eigenvalue weighted by molar-refractivity contribution is 1.25. The molecule has 1 nitrogen and oxygen atoms in total. The molecule has 0 aliphatic carbocycles. The maximum atomic E-state index is 6.20. The van der Waals surface area contributed by atoms with Crippen molar-refractivity contribution in [1.29, 1.82) is 0 Å². The Balaban J connectivity index is 1.33. The molecule has 0 spiro atoms. The van der Waals surface area contributed by atoms with E-state index in [1.165, 1.54) is 33.0 Å². The van der Waals surface area contributed by atoms with Crippen LogP contribution in [-0.2, 0) is 0 Å². The number of fused-ring (bicyclic) bond motifs is 1. The summed E-state index contributed by atoms with van der Waals surface area (Å²) >= 11 is 6.20. The SMILES string of the molecule is Cc1ccccc1N(c1ccc(Cl)cc1)c1ccc(C=Cc2ccc(-c3ccccc3)c3ccccc23)cc1. The molecule has 0 fully saturated rings. The van der Waals surface area contributed by atoms with Crippen LogP contribution < -0.4 is 4.90 Å². The van der Waals surface area contributed by atoms with E-state index >= 15 is 0 Å². The third-order valence-electron chi connectivity index (χ3n) is 7.09. The second kappa shape index (κ2) is 11.0. The summed E-state index contributed by atoms with van der Waals surface area (Å²) in [6.45, 7) is 2.14. The van der Waals surface area contributed by atoms with Crippen molar-refractivity contribution in [3.8, 4) is 11.1 Å². The van der Waals surface area contributed by atoms with E-state index in [2.05, 4.69) is 151 Å². The third-order valence-corrected chi connectivity index (χ3v) is 7.34. The summed E-state index contributed by atoms with van der Waals surface area (Å²) in [6, 6.07) is 48.8. The lowest BCUT2D eigenvalue weighted by Crippen LogP contribution is -2.11. The van der Waals surface area contributed by atoms with E-state index in [-0.39, 0.29) is 0 Å². The molecule has 0 heterocycles. The van der Waals surface area contributed by atoms with E-state index < -0.39 is 0 Å². The Labute approximate surface area is 235 Å². The lowest BCUT2D eigenvalue weighted by Gasteiger charge is -2.27. The molecule has 0 N–H and O–H groups in total. The van der Waals surface area contributed by atoms with Crippen molar-refractivity contribution >= 4 is 51.6 Å². The summed E-state index contributed by atoms with van der Waals surface area (Å²) in [5.74, 6) is 0. The Kier molecular flexibility index (Phi) is 6.99. The number of hydrogen-bond donors (Lipinski definition) is 0. The molecule has 0 radical (unpaired) electrons. The highest BCUT2D eigenvalue weighted by atomic mass is 35.5. The average molecular weight is 522 g/mol. The van der Waals surface area contributed by atoms with Crippen molar-refractivity contribution in [1.82, 2.24) is 0 Å². The number of anilines is 3. The molecular weight excluding hydrogens is 494 g/mol. The Hall–Kier alpha value is -4.59. The maximum Gasteiger partial charge on any atom is 0.0490 e. The van der Waals surface area contributed by atoms with Gasteiger partial charge in [-0.3, -0.25) is 0 Å². The van der Waals surface area contributed by atoms with Gasteiger partial charge >= 0.3 is 0 Å². The van der Waals surface area contributed by atoms with E-state index in [0.717, 1.165) is 27.6 Å². The zero-order valence-electron chi connectivity index (χ0n) is 21.8. The molecule has 6 aromatic rings. The summed E-state index contributed by atoms with van der Waals surface area (Å²) in [6.07, 6.45) is 4.40. The standard InChI is InChI=1S/C37H28ClN/c1-27-9-5-8-14-37(27)39(33-24-20-31(38)21-25-33)32-22-16-28(17-23-32)15-18-30-19-26-35(29-10-3-2-4-11-29)36-13-7-6-12-34(30)36/h2-26H,1H3. The highest BCUT2D eigenvalue weighted by Crippen LogP contribution is 2.37. The largest absolute Gasteiger partial charge is 0.310 e. The molecule has 2 heteroatoms. The first-order chi connectivity index (χ1) is 19.2. The molecule has 188 valence electrons. The molecule has 6 rings (SSSR count). The number of rotatable bonds is 6. The van der Waals surface area contributed by atoms with Crippen LogP contribution in [0.2, 0.25) is 5.02 Å². The number of hydrogen-bond acceptors (Lipinski definition) is 1. The van der Waals surface area contributed by atoms with Crippen LogP contribution in [0.3, 0.4) is 0 Å². The number of benzene rings is 6. The van der Waals surface area contributed by atoms with Crippen molar-refractivity contribution in [3.05, 3.63) is 161 Å². The topological polar surface area (TPSA) is 3.24 Å². The van der Waals surface area contributed by atoms with Crippen LogP contribution >= 0.6 is 11.6 Å². The van der Waals surface area contributed by atoms with Crippen molar-refractivity contribution in [3.63, 3.8) is 0 Å². The second-order valence-corrected chi connectivity index (χ2v) is 10.1. The first-order valence-electron chi connectivity index (χ1n) is 13.1. The maximum absolute atomic E-state index is 6.20. The number of aryl methyl sites for hydroxylation is 1. The summed E-state index contributed by atoms with van der Waals surface area (Å²) < 4.78 is 0. The van der Waals surface area contributed by atoms with Gasteiger partial charge in [-0.25, -0.2) is 0 Å². The highest BCUT2D eigenvalue weighted by Gasteiger charge is 2.14. The molecule has 0 amide bonds. The van der Waals surface area contributed by atoms with Gasteiger partial charge in [0.1, 0.15) is 0 Å². The first kappa shape index (κ1) is 24.7. The normalized spacial score (nSPS) is 11.2. The fourth-order valence-corrected chi connectivity index (χ4v) is 5.22. The summed E-state index contributed by atoms with van der Waals surface area (Å²) in [4.78, 5) is 2.27.